The molecule has 1 heterocycles. The smallest absolute Gasteiger partial charge is 0.131 e. The first kappa shape index (κ1) is 14.6. The van der Waals surface area contributed by atoms with E-state index in [1.54, 1.807) is 13.4 Å². The van der Waals surface area contributed by atoms with Crippen molar-refractivity contribution < 1.29 is 4.74 Å². The number of hydrogen-bond donors (Lipinski definition) is 2. The SMILES string of the molecule is COc1ccccc1CNc1cc(NC2CCCC2)ncn1. The molecule has 1 aromatic heterocycles. The van der Waals surface area contributed by atoms with Gasteiger partial charge in [-0.15, -0.1) is 0 Å². The van der Waals surface area contributed by atoms with Crippen molar-refractivity contribution in [2.24, 2.45) is 0 Å². The van der Waals surface area contributed by atoms with E-state index in [2.05, 4.69) is 20.6 Å². The maximum atomic E-state index is 5.36. The van der Waals surface area contributed by atoms with Gasteiger partial charge in [0.1, 0.15) is 23.7 Å². The highest BCUT2D eigenvalue weighted by atomic mass is 16.5. The number of nitrogens with zero attached hydrogens (tertiary/aromatic N) is 2. The van der Waals surface area contributed by atoms with Crippen LogP contribution in [0.25, 0.3) is 0 Å². The number of aromatic nitrogens is 2. The van der Waals surface area contributed by atoms with Gasteiger partial charge < -0.3 is 15.4 Å². The van der Waals surface area contributed by atoms with Gasteiger partial charge in [-0.05, 0) is 18.9 Å². The lowest BCUT2D eigenvalue weighted by Gasteiger charge is -2.14. The predicted octanol–water partition coefficient (Wildman–Crippen LogP) is 3.45. The van der Waals surface area contributed by atoms with E-state index in [-0.39, 0.29) is 0 Å². The second kappa shape index (κ2) is 7.11. The molecule has 5 nitrogen and oxygen atoms in total. The molecule has 1 aliphatic carbocycles. The van der Waals surface area contributed by atoms with Crippen molar-refractivity contribution in [3.05, 3.63) is 42.2 Å². The van der Waals surface area contributed by atoms with E-state index < -0.39 is 0 Å². The van der Waals surface area contributed by atoms with E-state index >= 15 is 0 Å². The highest BCUT2D eigenvalue weighted by Crippen LogP contribution is 2.22. The summed E-state index contributed by atoms with van der Waals surface area (Å²) >= 11 is 0. The number of benzene rings is 1. The van der Waals surface area contributed by atoms with Crippen molar-refractivity contribution in [3.63, 3.8) is 0 Å². The van der Waals surface area contributed by atoms with E-state index in [0.717, 1.165) is 22.9 Å². The number of hydrogen-bond acceptors (Lipinski definition) is 5. The molecule has 1 saturated carbocycles. The highest BCUT2D eigenvalue weighted by Gasteiger charge is 2.15. The Labute approximate surface area is 131 Å². The molecule has 0 bridgehead atoms. The molecular formula is C17H22N4O. The Bertz CT molecular complexity index is 611. The van der Waals surface area contributed by atoms with Gasteiger partial charge in [-0.2, -0.15) is 0 Å². The minimum absolute atomic E-state index is 0.553. The van der Waals surface area contributed by atoms with Gasteiger partial charge in [0.25, 0.3) is 0 Å². The lowest BCUT2D eigenvalue weighted by molar-refractivity contribution is 0.410. The summed E-state index contributed by atoms with van der Waals surface area (Å²) in [6.45, 7) is 0.671. The van der Waals surface area contributed by atoms with Gasteiger partial charge in [-0.1, -0.05) is 31.0 Å². The number of anilines is 2. The van der Waals surface area contributed by atoms with Gasteiger partial charge in [0.15, 0.2) is 0 Å². The van der Waals surface area contributed by atoms with E-state index in [9.17, 15) is 0 Å². The maximum Gasteiger partial charge on any atom is 0.131 e. The molecule has 1 fully saturated rings. The number of nitrogens with one attached hydrogen (secondary N) is 2. The molecule has 0 amide bonds. The number of methoxy groups -OCH3 is 1. The van der Waals surface area contributed by atoms with Crippen LogP contribution in [0.4, 0.5) is 11.6 Å². The van der Waals surface area contributed by atoms with Gasteiger partial charge >= 0.3 is 0 Å². The minimum Gasteiger partial charge on any atom is -0.496 e. The minimum atomic E-state index is 0.553. The molecule has 1 aromatic carbocycles. The normalized spacial score (nSPS) is 14.8. The lowest BCUT2D eigenvalue weighted by Crippen LogP contribution is -2.15. The van der Waals surface area contributed by atoms with E-state index in [0.29, 0.717) is 12.6 Å². The summed E-state index contributed by atoms with van der Waals surface area (Å²) in [6.07, 6.45) is 6.67. The second-order valence-corrected chi connectivity index (χ2v) is 5.58. The zero-order valence-electron chi connectivity index (χ0n) is 12.9. The molecule has 22 heavy (non-hydrogen) atoms. The number of ether oxygens (including phenoxy) is 1. The van der Waals surface area contributed by atoms with Crippen LogP contribution in [0, 0.1) is 0 Å². The zero-order chi connectivity index (χ0) is 15.2. The van der Waals surface area contributed by atoms with Crippen molar-refractivity contribution in [2.75, 3.05) is 17.7 Å². The van der Waals surface area contributed by atoms with E-state index in [1.165, 1.54) is 25.7 Å². The Morgan fingerprint density at radius 3 is 2.73 bits per heavy atom. The van der Waals surface area contributed by atoms with Gasteiger partial charge in [0.05, 0.1) is 7.11 Å². The first-order valence-corrected chi connectivity index (χ1v) is 7.79. The quantitative estimate of drug-likeness (QED) is 0.855. The maximum absolute atomic E-state index is 5.36. The van der Waals surface area contributed by atoms with Crippen LogP contribution in [0.5, 0.6) is 5.75 Å². The molecule has 0 aliphatic heterocycles. The molecule has 2 aromatic rings. The van der Waals surface area contributed by atoms with Gasteiger partial charge in [0.2, 0.25) is 0 Å². The standard InChI is InChI=1S/C17H22N4O/c1-22-15-9-5-2-6-13(15)11-18-16-10-17(20-12-19-16)21-14-7-3-4-8-14/h2,5-6,9-10,12,14H,3-4,7-8,11H2,1H3,(H2,18,19,20,21). The van der Waals surface area contributed by atoms with Crippen LogP contribution in [-0.2, 0) is 6.54 Å². The fraction of sp³-hybridized carbons (Fsp3) is 0.412. The summed E-state index contributed by atoms with van der Waals surface area (Å²) in [6, 6.07) is 10.5. The Morgan fingerprint density at radius 2 is 1.91 bits per heavy atom. The zero-order valence-corrected chi connectivity index (χ0v) is 12.9. The van der Waals surface area contributed by atoms with Crippen LogP contribution in [0.3, 0.4) is 0 Å². The first-order chi connectivity index (χ1) is 10.8. The lowest BCUT2D eigenvalue weighted by atomic mass is 10.2. The Balaban J connectivity index is 1.62. The Hall–Kier alpha value is -2.30. The predicted molar refractivity (Wildman–Crippen MR) is 88.2 cm³/mol. The second-order valence-electron chi connectivity index (χ2n) is 5.58. The van der Waals surface area contributed by atoms with E-state index in [1.807, 2.05) is 30.3 Å². The fourth-order valence-corrected chi connectivity index (χ4v) is 2.85. The molecular weight excluding hydrogens is 276 g/mol. The van der Waals surface area contributed by atoms with Crippen LogP contribution < -0.4 is 15.4 Å². The van der Waals surface area contributed by atoms with E-state index in [4.69, 9.17) is 4.74 Å². The van der Waals surface area contributed by atoms with Crippen molar-refractivity contribution in [2.45, 2.75) is 38.3 Å². The summed E-state index contributed by atoms with van der Waals surface area (Å²) in [7, 11) is 1.69. The molecule has 116 valence electrons. The van der Waals surface area contributed by atoms with Crippen LogP contribution in [0.15, 0.2) is 36.7 Å². The third kappa shape index (κ3) is 3.67. The van der Waals surface area contributed by atoms with Gasteiger partial charge in [-0.25, -0.2) is 9.97 Å². The number of para-hydroxylation sites is 1. The molecule has 3 rings (SSSR count). The van der Waals surface area contributed by atoms with Crippen molar-refractivity contribution >= 4 is 11.6 Å². The number of rotatable bonds is 6. The average Bonchev–Trinajstić information content (AvgIpc) is 3.06. The molecule has 2 N–H and O–H groups in total. The van der Waals surface area contributed by atoms with Crippen LogP contribution in [0.1, 0.15) is 31.2 Å². The summed E-state index contributed by atoms with van der Waals surface area (Å²) in [5.41, 5.74) is 1.11. The summed E-state index contributed by atoms with van der Waals surface area (Å²) in [4.78, 5) is 8.59. The summed E-state index contributed by atoms with van der Waals surface area (Å²) < 4.78 is 5.36. The van der Waals surface area contributed by atoms with Crippen molar-refractivity contribution in [1.29, 1.82) is 0 Å². The molecule has 0 radical (unpaired) electrons. The van der Waals surface area contributed by atoms with Gasteiger partial charge in [0, 0.05) is 24.2 Å². The largest absolute Gasteiger partial charge is 0.496 e. The molecule has 0 unspecified atom stereocenters. The highest BCUT2D eigenvalue weighted by molar-refractivity contribution is 5.48. The topological polar surface area (TPSA) is 59.1 Å². The van der Waals surface area contributed by atoms with Crippen LogP contribution in [0.2, 0.25) is 0 Å². The monoisotopic (exact) mass is 298 g/mol. The van der Waals surface area contributed by atoms with Gasteiger partial charge in [-0.3, -0.25) is 0 Å². The molecule has 1 aliphatic rings. The molecule has 0 spiro atoms. The molecule has 5 heteroatoms. The third-order valence-electron chi connectivity index (χ3n) is 4.03. The first-order valence-electron chi connectivity index (χ1n) is 7.79. The van der Waals surface area contributed by atoms with Crippen LogP contribution >= 0.6 is 0 Å². The Kier molecular flexibility index (Phi) is 4.73. The Morgan fingerprint density at radius 1 is 1.14 bits per heavy atom. The molecule has 0 saturated heterocycles. The van der Waals surface area contributed by atoms with Crippen LogP contribution in [-0.4, -0.2) is 23.1 Å². The van der Waals surface area contributed by atoms with Crippen molar-refractivity contribution in [3.8, 4) is 5.75 Å². The summed E-state index contributed by atoms with van der Waals surface area (Å²) in [5, 5.41) is 6.82. The molecule has 0 atom stereocenters. The third-order valence-corrected chi connectivity index (χ3v) is 4.03. The summed E-state index contributed by atoms with van der Waals surface area (Å²) in [5.74, 6) is 2.60. The van der Waals surface area contributed by atoms with Crippen molar-refractivity contribution in [1.82, 2.24) is 9.97 Å². The fourth-order valence-electron chi connectivity index (χ4n) is 2.85. The average molecular weight is 298 g/mol.